The lowest BCUT2D eigenvalue weighted by Crippen LogP contribution is -2.49. The third kappa shape index (κ3) is 11.9. The molecule has 0 heterocycles. The van der Waals surface area contributed by atoms with Crippen molar-refractivity contribution in [2.45, 2.75) is 60.7 Å². The first-order valence-electron chi connectivity index (χ1n) is 12.0. The summed E-state index contributed by atoms with van der Waals surface area (Å²) in [6, 6.07) is 5.42. The van der Waals surface area contributed by atoms with Crippen LogP contribution in [0.15, 0.2) is 30.0 Å². The van der Waals surface area contributed by atoms with Crippen LogP contribution in [0.25, 0.3) is 0 Å². The topological polar surface area (TPSA) is 215 Å². The molecule has 0 aliphatic carbocycles. The predicted octanol–water partition coefficient (Wildman–Crippen LogP) is -2.43. The number of nitrogens with zero attached hydrogens (tertiary/aromatic N) is 1. The van der Waals surface area contributed by atoms with E-state index in [-0.39, 0.29) is 32.7 Å². The minimum absolute atomic E-state index is 0.0635. The summed E-state index contributed by atoms with van der Waals surface area (Å²) in [5.74, 6) is 0.816. The van der Waals surface area contributed by atoms with Crippen LogP contribution >= 0.6 is 25.3 Å². The number of aliphatic hydroxyl groups excluding tert-OH is 10. The van der Waals surface area contributed by atoms with Crippen LogP contribution in [0.2, 0.25) is 0 Å². The molecule has 0 unspecified atom stereocenters. The van der Waals surface area contributed by atoms with E-state index in [1.54, 1.807) is 6.07 Å². The molecule has 0 radical (unpaired) electrons. The van der Waals surface area contributed by atoms with Gasteiger partial charge in [-0.1, -0.05) is 6.07 Å². The van der Waals surface area contributed by atoms with Crippen LogP contribution in [0.5, 0.6) is 5.75 Å². The van der Waals surface area contributed by atoms with Crippen LogP contribution in [0, 0.1) is 0 Å². The molecule has 38 heavy (non-hydrogen) atoms. The fourth-order valence-electron chi connectivity index (χ4n) is 3.53. The summed E-state index contributed by atoms with van der Waals surface area (Å²) < 4.78 is 5.78. The molecule has 1 aromatic carbocycles. The number of thiol groups is 2. The molecular formula is C24H41NO11S2. The summed E-state index contributed by atoms with van der Waals surface area (Å²) in [5.41, 5.74) is 1.93. The quantitative estimate of drug-likeness (QED) is 0.0605. The van der Waals surface area contributed by atoms with E-state index in [9.17, 15) is 40.9 Å². The molecule has 0 saturated carbocycles. The highest BCUT2D eigenvalue weighted by Crippen LogP contribution is 2.21. The van der Waals surface area contributed by atoms with E-state index in [1.165, 1.54) is 4.90 Å². The lowest BCUT2D eigenvalue weighted by Gasteiger charge is -2.31. The van der Waals surface area contributed by atoms with Crippen LogP contribution in [0.1, 0.15) is 17.5 Å². The van der Waals surface area contributed by atoms with Crippen LogP contribution in [-0.4, -0.2) is 138 Å². The van der Waals surface area contributed by atoms with Crippen molar-refractivity contribution in [3.63, 3.8) is 0 Å². The van der Waals surface area contributed by atoms with Gasteiger partial charge in [-0.05, 0) is 29.3 Å². The monoisotopic (exact) mass is 583 g/mol. The van der Waals surface area contributed by atoms with E-state index in [0.29, 0.717) is 17.3 Å². The Kier molecular flexibility index (Phi) is 16.8. The SMILES string of the molecule is OC[C@@H](O)C[C@@H](O)[C@H](O)[C@@H](O)CN(CCOc1ccc(CS)c(CS)c1)C[C@H](O)[C@@H](O)C=C(O)[C@H](O)CO. The highest BCUT2D eigenvalue weighted by Gasteiger charge is 2.29. The second-order valence-electron chi connectivity index (χ2n) is 8.90. The fraction of sp³-hybridized carbons (Fsp3) is 0.667. The number of rotatable bonds is 19. The van der Waals surface area contributed by atoms with Crippen molar-refractivity contribution >= 4 is 25.3 Å². The second kappa shape index (κ2) is 18.3. The summed E-state index contributed by atoms with van der Waals surface area (Å²) in [6.45, 7) is -1.87. The van der Waals surface area contributed by atoms with Crippen molar-refractivity contribution in [1.82, 2.24) is 4.90 Å². The Morgan fingerprint density at radius 2 is 1.50 bits per heavy atom. The molecule has 0 saturated heterocycles. The number of hydrogen-bond donors (Lipinski definition) is 12. The Morgan fingerprint density at radius 3 is 2.08 bits per heavy atom. The van der Waals surface area contributed by atoms with Gasteiger partial charge in [0, 0.05) is 37.6 Å². The number of aliphatic hydroxyl groups is 10. The minimum atomic E-state index is -1.70. The molecule has 7 atom stereocenters. The van der Waals surface area contributed by atoms with Gasteiger partial charge in [-0.25, -0.2) is 0 Å². The number of benzene rings is 1. The fourth-order valence-corrected chi connectivity index (χ4v) is 4.13. The molecular weight excluding hydrogens is 542 g/mol. The van der Waals surface area contributed by atoms with Crippen molar-refractivity contribution in [3.8, 4) is 5.75 Å². The molecule has 10 N–H and O–H groups in total. The first kappa shape index (κ1) is 34.9. The van der Waals surface area contributed by atoms with Gasteiger partial charge in [0.2, 0.25) is 0 Å². The second-order valence-corrected chi connectivity index (χ2v) is 9.53. The average molecular weight is 584 g/mol. The Hall–Kier alpha value is -1.14. The molecule has 0 aliphatic rings. The number of hydrogen-bond acceptors (Lipinski definition) is 14. The molecule has 0 fully saturated rings. The van der Waals surface area contributed by atoms with Crippen LogP contribution in [0.3, 0.4) is 0 Å². The first-order chi connectivity index (χ1) is 18.0. The van der Waals surface area contributed by atoms with E-state index in [4.69, 9.17) is 14.9 Å². The zero-order valence-electron chi connectivity index (χ0n) is 20.9. The smallest absolute Gasteiger partial charge is 0.133 e. The van der Waals surface area contributed by atoms with Gasteiger partial charge in [0.25, 0.3) is 0 Å². The van der Waals surface area contributed by atoms with Gasteiger partial charge in [-0.3, -0.25) is 4.90 Å². The van der Waals surface area contributed by atoms with Gasteiger partial charge < -0.3 is 55.8 Å². The van der Waals surface area contributed by atoms with Crippen molar-refractivity contribution in [2.75, 3.05) is 39.5 Å². The van der Waals surface area contributed by atoms with Crippen molar-refractivity contribution < 1.29 is 55.8 Å². The predicted molar refractivity (Wildman–Crippen MR) is 145 cm³/mol. The zero-order chi connectivity index (χ0) is 28.8. The third-order valence-electron chi connectivity index (χ3n) is 5.85. The van der Waals surface area contributed by atoms with Gasteiger partial charge in [0.05, 0.1) is 37.6 Å². The summed E-state index contributed by atoms with van der Waals surface area (Å²) in [7, 11) is 0. The standard InChI is InChI=1S/C24H41NO11S2/c26-10-16(28)6-20(31)24(35)22(33)9-25(8-21(32)18(29)7-19(30)23(34)11-27)3-4-36-17-2-1-14(12-37)15(5-17)13-38/h1-2,5,7,16,18,20-24,26-35,37-38H,3-4,6,8-13H2/t16-,18-,20+,21-,22-,23+,24-/m0/s1. The van der Waals surface area contributed by atoms with Gasteiger partial charge in [0.15, 0.2) is 0 Å². The molecule has 14 heteroatoms. The van der Waals surface area contributed by atoms with E-state index in [2.05, 4.69) is 25.3 Å². The third-order valence-corrected chi connectivity index (χ3v) is 6.53. The average Bonchev–Trinajstić information content (AvgIpc) is 2.91. The van der Waals surface area contributed by atoms with E-state index < -0.39 is 61.7 Å². The Morgan fingerprint density at radius 1 is 0.868 bits per heavy atom. The number of ether oxygens (including phenoxy) is 1. The van der Waals surface area contributed by atoms with E-state index >= 15 is 0 Å². The highest BCUT2D eigenvalue weighted by atomic mass is 32.1. The Bertz CT molecular complexity index is 835. The van der Waals surface area contributed by atoms with Crippen molar-refractivity contribution in [1.29, 1.82) is 0 Å². The van der Waals surface area contributed by atoms with Crippen LogP contribution in [-0.2, 0) is 11.5 Å². The Labute approximate surface area is 232 Å². The van der Waals surface area contributed by atoms with Crippen LogP contribution in [0.4, 0.5) is 0 Å². The van der Waals surface area contributed by atoms with Crippen molar-refractivity contribution in [2.24, 2.45) is 0 Å². The Balaban J connectivity index is 2.93. The molecule has 0 aromatic heterocycles. The van der Waals surface area contributed by atoms with Crippen LogP contribution < -0.4 is 4.74 Å². The van der Waals surface area contributed by atoms with Gasteiger partial charge in [-0.15, -0.1) is 0 Å². The molecule has 220 valence electrons. The van der Waals surface area contributed by atoms with E-state index in [1.807, 2.05) is 12.1 Å². The molecule has 0 bridgehead atoms. The maximum atomic E-state index is 10.5. The molecule has 1 rings (SSSR count). The van der Waals surface area contributed by atoms with Gasteiger partial charge >= 0.3 is 0 Å². The molecule has 0 spiro atoms. The normalized spacial score (nSPS) is 18.1. The van der Waals surface area contributed by atoms with Gasteiger partial charge in [0.1, 0.15) is 36.4 Å². The summed E-state index contributed by atoms with van der Waals surface area (Å²) in [4.78, 5) is 1.44. The molecule has 12 nitrogen and oxygen atoms in total. The molecule has 1 aromatic rings. The lowest BCUT2D eigenvalue weighted by atomic mass is 10.0. The van der Waals surface area contributed by atoms with Gasteiger partial charge in [-0.2, -0.15) is 25.3 Å². The largest absolute Gasteiger partial charge is 0.510 e. The molecule has 0 amide bonds. The zero-order valence-corrected chi connectivity index (χ0v) is 22.7. The van der Waals surface area contributed by atoms with E-state index in [0.717, 1.165) is 17.2 Å². The van der Waals surface area contributed by atoms with Crippen molar-refractivity contribution in [3.05, 3.63) is 41.2 Å². The maximum Gasteiger partial charge on any atom is 0.133 e. The maximum absolute atomic E-state index is 10.5. The highest BCUT2D eigenvalue weighted by molar-refractivity contribution is 7.79. The minimum Gasteiger partial charge on any atom is -0.510 e. The summed E-state index contributed by atoms with van der Waals surface area (Å²) >= 11 is 8.58. The first-order valence-corrected chi connectivity index (χ1v) is 13.3. The summed E-state index contributed by atoms with van der Waals surface area (Å²) in [6.07, 6.45) is -10.5. The summed E-state index contributed by atoms with van der Waals surface area (Å²) in [5, 5.41) is 97.9. The molecule has 0 aliphatic heterocycles. The lowest BCUT2D eigenvalue weighted by molar-refractivity contribution is -0.0888.